The summed E-state index contributed by atoms with van der Waals surface area (Å²) in [6, 6.07) is 41.1. The lowest BCUT2D eigenvalue weighted by Gasteiger charge is -2.12. The maximum Gasteiger partial charge on any atom is 0.0803 e. The van der Waals surface area contributed by atoms with E-state index in [-0.39, 0.29) is 0 Å². The van der Waals surface area contributed by atoms with Gasteiger partial charge in [0, 0.05) is 28.7 Å². The first-order chi connectivity index (χ1) is 18.2. The highest BCUT2D eigenvalue weighted by Gasteiger charge is 2.12. The number of benzene rings is 5. The standard InChI is InChI=1S/C35H24N2/c1-23-19-27(21-28(20-23)30-11-6-8-25-7-2-3-9-29(25)30)24-13-15-26(16-14-24)35-33-22-36-18-17-31(33)32-10-4-5-12-34(32)37-35/h2-22H,1H3. The van der Waals surface area contributed by atoms with Gasteiger partial charge in [0.15, 0.2) is 0 Å². The maximum absolute atomic E-state index is 5.03. The molecule has 0 atom stereocenters. The molecule has 0 aliphatic heterocycles. The SMILES string of the molecule is Cc1cc(-c2ccc(-c3nc4ccccc4c4ccncc34)cc2)cc(-c2cccc3ccccc23)c1. The van der Waals surface area contributed by atoms with E-state index >= 15 is 0 Å². The molecule has 2 heteroatoms. The van der Waals surface area contributed by atoms with Gasteiger partial charge in [0.2, 0.25) is 0 Å². The minimum absolute atomic E-state index is 0.967. The predicted octanol–water partition coefficient (Wildman–Crippen LogP) is 9.25. The summed E-state index contributed by atoms with van der Waals surface area (Å²) in [6.45, 7) is 2.17. The van der Waals surface area contributed by atoms with Crippen LogP contribution < -0.4 is 0 Å². The van der Waals surface area contributed by atoms with Crippen molar-refractivity contribution in [1.29, 1.82) is 0 Å². The van der Waals surface area contributed by atoms with Gasteiger partial charge in [-0.15, -0.1) is 0 Å². The van der Waals surface area contributed by atoms with Crippen molar-refractivity contribution in [3.63, 3.8) is 0 Å². The second-order valence-corrected chi connectivity index (χ2v) is 9.59. The van der Waals surface area contributed by atoms with Crippen molar-refractivity contribution in [1.82, 2.24) is 9.97 Å². The van der Waals surface area contributed by atoms with Gasteiger partial charge in [-0.2, -0.15) is 0 Å². The summed E-state index contributed by atoms with van der Waals surface area (Å²) in [4.78, 5) is 9.43. The number of nitrogens with zero attached hydrogens (tertiary/aromatic N) is 2. The normalized spacial score (nSPS) is 11.4. The molecule has 0 saturated heterocycles. The smallest absolute Gasteiger partial charge is 0.0803 e. The molecule has 0 amide bonds. The fraction of sp³-hybridized carbons (Fsp3) is 0.0286. The van der Waals surface area contributed by atoms with Gasteiger partial charge in [0.05, 0.1) is 11.2 Å². The van der Waals surface area contributed by atoms with E-state index in [1.54, 1.807) is 0 Å². The summed E-state index contributed by atoms with van der Waals surface area (Å²) < 4.78 is 0. The Morgan fingerprint density at radius 1 is 0.514 bits per heavy atom. The first-order valence-electron chi connectivity index (χ1n) is 12.6. The van der Waals surface area contributed by atoms with E-state index in [0.29, 0.717) is 0 Å². The number of para-hydroxylation sites is 1. The van der Waals surface area contributed by atoms with Crippen LogP contribution in [-0.2, 0) is 0 Å². The highest BCUT2D eigenvalue weighted by atomic mass is 14.7. The maximum atomic E-state index is 5.03. The average Bonchev–Trinajstić information content (AvgIpc) is 2.96. The van der Waals surface area contributed by atoms with Crippen molar-refractivity contribution < 1.29 is 0 Å². The Labute approximate surface area is 215 Å². The number of rotatable bonds is 3. The van der Waals surface area contributed by atoms with Gasteiger partial charge in [-0.3, -0.25) is 4.98 Å². The first kappa shape index (κ1) is 21.5. The highest BCUT2D eigenvalue weighted by Crippen LogP contribution is 2.35. The molecule has 5 aromatic carbocycles. The molecule has 0 unspecified atom stereocenters. The highest BCUT2D eigenvalue weighted by molar-refractivity contribution is 6.10. The molecule has 0 N–H and O–H groups in total. The monoisotopic (exact) mass is 472 g/mol. The van der Waals surface area contributed by atoms with Crippen LogP contribution in [0.15, 0.2) is 128 Å². The second kappa shape index (κ2) is 8.69. The Kier molecular flexibility index (Phi) is 5.04. The summed E-state index contributed by atoms with van der Waals surface area (Å²) in [5, 5.41) is 5.94. The van der Waals surface area contributed by atoms with E-state index < -0.39 is 0 Å². The zero-order valence-electron chi connectivity index (χ0n) is 20.5. The summed E-state index contributed by atoms with van der Waals surface area (Å²) in [5.74, 6) is 0. The van der Waals surface area contributed by atoms with E-state index in [4.69, 9.17) is 4.98 Å². The van der Waals surface area contributed by atoms with E-state index in [2.05, 4.69) is 121 Å². The lowest BCUT2D eigenvalue weighted by Crippen LogP contribution is -1.91. The van der Waals surface area contributed by atoms with Crippen LogP contribution in [0.4, 0.5) is 0 Å². The minimum Gasteiger partial charge on any atom is -0.264 e. The Morgan fingerprint density at radius 3 is 2.14 bits per heavy atom. The van der Waals surface area contributed by atoms with Gasteiger partial charge in [-0.05, 0) is 69.1 Å². The van der Waals surface area contributed by atoms with Crippen molar-refractivity contribution in [2.45, 2.75) is 6.92 Å². The van der Waals surface area contributed by atoms with Crippen molar-refractivity contribution in [3.8, 4) is 33.5 Å². The predicted molar refractivity (Wildman–Crippen MR) is 156 cm³/mol. The van der Waals surface area contributed by atoms with Gasteiger partial charge in [-0.25, -0.2) is 4.98 Å². The minimum atomic E-state index is 0.967. The third kappa shape index (κ3) is 3.75. The van der Waals surface area contributed by atoms with Crippen LogP contribution in [0.1, 0.15) is 5.56 Å². The van der Waals surface area contributed by atoms with Crippen LogP contribution in [0.5, 0.6) is 0 Å². The Hall–Kier alpha value is -4.82. The summed E-state index contributed by atoms with van der Waals surface area (Å²) in [6.07, 6.45) is 3.78. The lowest BCUT2D eigenvalue weighted by atomic mass is 9.93. The Balaban J connectivity index is 1.33. The molecule has 0 saturated carbocycles. The number of pyridine rings is 2. The Bertz CT molecular complexity index is 1930. The third-order valence-corrected chi connectivity index (χ3v) is 7.17. The van der Waals surface area contributed by atoms with Crippen molar-refractivity contribution in [3.05, 3.63) is 133 Å². The molecule has 0 aliphatic carbocycles. The van der Waals surface area contributed by atoms with E-state index in [0.717, 1.165) is 27.5 Å². The van der Waals surface area contributed by atoms with Crippen molar-refractivity contribution >= 4 is 32.4 Å². The van der Waals surface area contributed by atoms with Crippen LogP contribution >= 0.6 is 0 Å². The molecule has 7 aromatic rings. The lowest BCUT2D eigenvalue weighted by molar-refractivity contribution is 1.35. The van der Waals surface area contributed by atoms with Crippen LogP contribution in [0.25, 0.3) is 66.0 Å². The van der Waals surface area contributed by atoms with Gasteiger partial charge in [0.1, 0.15) is 0 Å². The number of aryl methyl sites for hydroxylation is 1. The molecule has 37 heavy (non-hydrogen) atoms. The summed E-state index contributed by atoms with van der Waals surface area (Å²) >= 11 is 0. The third-order valence-electron chi connectivity index (χ3n) is 7.17. The summed E-state index contributed by atoms with van der Waals surface area (Å²) in [7, 11) is 0. The number of aromatic nitrogens is 2. The number of hydrogen-bond donors (Lipinski definition) is 0. The van der Waals surface area contributed by atoms with Gasteiger partial charge >= 0.3 is 0 Å². The molecule has 2 aromatic heterocycles. The van der Waals surface area contributed by atoms with Gasteiger partial charge < -0.3 is 0 Å². The van der Waals surface area contributed by atoms with Gasteiger partial charge in [0.25, 0.3) is 0 Å². The average molecular weight is 473 g/mol. The molecule has 0 bridgehead atoms. The number of fused-ring (bicyclic) bond motifs is 4. The Morgan fingerprint density at radius 2 is 1.24 bits per heavy atom. The first-order valence-corrected chi connectivity index (χ1v) is 12.6. The zero-order chi connectivity index (χ0) is 24.8. The summed E-state index contributed by atoms with van der Waals surface area (Å²) in [5.41, 5.74) is 9.22. The van der Waals surface area contributed by atoms with Crippen LogP contribution in [0.2, 0.25) is 0 Å². The zero-order valence-corrected chi connectivity index (χ0v) is 20.5. The molecule has 174 valence electrons. The second-order valence-electron chi connectivity index (χ2n) is 9.59. The number of hydrogen-bond acceptors (Lipinski definition) is 2. The van der Waals surface area contributed by atoms with E-state index in [1.807, 2.05) is 18.5 Å². The fourth-order valence-electron chi connectivity index (χ4n) is 5.42. The van der Waals surface area contributed by atoms with Crippen LogP contribution in [-0.4, -0.2) is 9.97 Å². The van der Waals surface area contributed by atoms with Crippen LogP contribution in [0, 0.1) is 6.92 Å². The van der Waals surface area contributed by atoms with Gasteiger partial charge in [-0.1, -0.05) is 97.1 Å². The quantitative estimate of drug-likeness (QED) is 0.240. The largest absolute Gasteiger partial charge is 0.264 e. The molecule has 0 spiro atoms. The van der Waals surface area contributed by atoms with Crippen molar-refractivity contribution in [2.24, 2.45) is 0 Å². The molecular weight excluding hydrogens is 448 g/mol. The molecule has 0 aliphatic rings. The molecule has 7 rings (SSSR count). The van der Waals surface area contributed by atoms with E-state index in [1.165, 1.54) is 44.0 Å². The fourth-order valence-corrected chi connectivity index (χ4v) is 5.42. The molecule has 2 nitrogen and oxygen atoms in total. The molecule has 0 radical (unpaired) electrons. The molecule has 2 heterocycles. The topological polar surface area (TPSA) is 25.8 Å². The van der Waals surface area contributed by atoms with E-state index in [9.17, 15) is 0 Å². The molecular formula is C35H24N2. The van der Waals surface area contributed by atoms with Crippen LogP contribution in [0.3, 0.4) is 0 Å². The molecule has 0 fully saturated rings. The van der Waals surface area contributed by atoms with Crippen molar-refractivity contribution in [2.75, 3.05) is 0 Å².